The summed E-state index contributed by atoms with van der Waals surface area (Å²) >= 11 is 0. The van der Waals surface area contributed by atoms with Gasteiger partial charge in [0.25, 0.3) is 0 Å². The number of rotatable bonds is 50. The first-order valence-corrected chi connectivity index (χ1v) is 28.6. The van der Waals surface area contributed by atoms with Crippen molar-refractivity contribution < 1.29 is 37.6 Å². The standard InChI is InChI=1S/C57H100NO8P/c1-3-5-7-9-11-13-15-17-19-20-21-22-23-24-25-26-27-28-29-30-31-32-33-34-36-37-39-41-43-45-47-49-56(59)63-53-55(54-65-67(61,62)64-52-51-58)66-57(60)50-48-46-44-42-40-38-35-18-16-14-12-10-8-6-4-2/h6,8,12,14-15,17-18,20-21,35,40,42,46,48,55H,3-5,7,9-11,13,16,19,22-34,36-39,41,43-45,47,49-54,58H2,1-2H3,(H,61,62)/b8-6-,14-12-,17-15-,21-20-,35-18-,42-40-,48-46-. The molecule has 0 aromatic carbocycles. The number of phosphoric acid groups is 1. The highest BCUT2D eigenvalue weighted by atomic mass is 31.2. The average Bonchev–Trinajstić information content (AvgIpc) is 3.32. The van der Waals surface area contributed by atoms with Crippen LogP contribution in [-0.2, 0) is 32.7 Å². The first-order valence-electron chi connectivity index (χ1n) is 27.1. The van der Waals surface area contributed by atoms with Gasteiger partial charge in [-0.2, -0.15) is 0 Å². The van der Waals surface area contributed by atoms with Crippen LogP contribution in [0.1, 0.15) is 232 Å². The van der Waals surface area contributed by atoms with Crippen LogP contribution in [0.4, 0.5) is 0 Å². The molecule has 0 rings (SSSR count). The molecule has 0 aliphatic heterocycles. The number of carbonyl (C=O) groups excluding carboxylic acids is 2. The lowest BCUT2D eigenvalue weighted by Gasteiger charge is -2.19. The highest BCUT2D eigenvalue weighted by Gasteiger charge is 2.25. The van der Waals surface area contributed by atoms with Crippen molar-refractivity contribution in [3.05, 3.63) is 85.1 Å². The lowest BCUT2D eigenvalue weighted by atomic mass is 10.0. The van der Waals surface area contributed by atoms with Crippen molar-refractivity contribution in [2.75, 3.05) is 26.4 Å². The number of unbranched alkanes of at least 4 members (excludes halogenated alkanes) is 24. The molecule has 0 saturated carbocycles. The zero-order valence-corrected chi connectivity index (χ0v) is 43.8. The van der Waals surface area contributed by atoms with Gasteiger partial charge >= 0.3 is 19.8 Å². The Kier molecular flexibility index (Phi) is 50.4. The third kappa shape index (κ3) is 52.4. The second-order valence-corrected chi connectivity index (χ2v) is 19.2. The van der Waals surface area contributed by atoms with E-state index in [9.17, 15) is 19.0 Å². The minimum atomic E-state index is -4.41. The zero-order chi connectivity index (χ0) is 48.8. The van der Waals surface area contributed by atoms with Crippen LogP contribution in [-0.4, -0.2) is 49.3 Å². The van der Waals surface area contributed by atoms with E-state index in [1.807, 2.05) is 12.2 Å². The zero-order valence-electron chi connectivity index (χ0n) is 42.9. The van der Waals surface area contributed by atoms with E-state index in [1.165, 1.54) is 148 Å². The van der Waals surface area contributed by atoms with E-state index in [0.29, 0.717) is 6.42 Å². The first-order chi connectivity index (χ1) is 32.8. The van der Waals surface area contributed by atoms with Crippen LogP contribution in [0, 0.1) is 0 Å². The summed E-state index contributed by atoms with van der Waals surface area (Å²) in [4.78, 5) is 35.0. The molecule has 0 bridgehead atoms. The molecule has 0 amide bonds. The molecule has 3 N–H and O–H groups in total. The number of hydrogen-bond acceptors (Lipinski definition) is 8. The number of ether oxygens (including phenoxy) is 2. The molecule has 0 aliphatic carbocycles. The quantitative estimate of drug-likeness (QED) is 0.0264. The maximum Gasteiger partial charge on any atom is 0.472 e. The second kappa shape index (κ2) is 52.6. The molecule has 0 radical (unpaired) electrons. The van der Waals surface area contributed by atoms with Crippen LogP contribution in [0.2, 0.25) is 0 Å². The molecule has 2 atom stereocenters. The molecule has 10 heteroatoms. The maximum atomic E-state index is 12.6. The van der Waals surface area contributed by atoms with E-state index in [0.717, 1.165) is 51.4 Å². The van der Waals surface area contributed by atoms with Crippen LogP contribution in [0.3, 0.4) is 0 Å². The van der Waals surface area contributed by atoms with Crippen molar-refractivity contribution in [2.24, 2.45) is 5.73 Å². The van der Waals surface area contributed by atoms with Gasteiger partial charge in [-0.25, -0.2) is 4.57 Å². The van der Waals surface area contributed by atoms with Gasteiger partial charge < -0.3 is 20.1 Å². The molecular weight excluding hydrogens is 858 g/mol. The van der Waals surface area contributed by atoms with Gasteiger partial charge in [0, 0.05) is 13.0 Å². The van der Waals surface area contributed by atoms with Crippen molar-refractivity contribution in [2.45, 2.75) is 238 Å². The fourth-order valence-electron chi connectivity index (χ4n) is 7.33. The number of carbonyl (C=O) groups is 2. The van der Waals surface area contributed by atoms with E-state index in [2.05, 4.69) is 80.7 Å². The molecule has 0 saturated heterocycles. The minimum absolute atomic E-state index is 0.00397. The summed E-state index contributed by atoms with van der Waals surface area (Å²) in [7, 11) is -4.41. The van der Waals surface area contributed by atoms with Crippen molar-refractivity contribution in [1.82, 2.24) is 0 Å². The molecule has 0 fully saturated rings. The lowest BCUT2D eigenvalue weighted by molar-refractivity contribution is -0.160. The van der Waals surface area contributed by atoms with Crippen molar-refractivity contribution in [3.8, 4) is 0 Å². The number of hydrogen-bond donors (Lipinski definition) is 2. The summed E-state index contributed by atoms with van der Waals surface area (Å²) in [6.45, 7) is 3.51. The molecule has 67 heavy (non-hydrogen) atoms. The van der Waals surface area contributed by atoms with E-state index >= 15 is 0 Å². The molecule has 0 spiro atoms. The average molecular weight is 958 g/mol. The Balaban J connectivity index is 3.96. The normalized spacial score (nSPS) is 13.8. The summed E-state index contributed by atoms with van der Waals surface area (Å²) in [6, 6.07) is 0. The van der Waals surface area contributed by atoms with E-state index in [4.69, 9.17) is 24.3 Å². The number of esters is 2. The maximum absolute atomic E-state index is 12.6. The predicted molar refractivity (Wildman–Crippen MR) is 284 cm³/mol. The summed E-state index contributed by atoms with van der Waals surface area (Å²) in [5, 5.41) is 0. The molecule has 9 nitrogen and oxygen atoms in total. The molecule has 0 aliphatic rings. The smallest absolute Gasteiger partial charge is 0.462 e. The lowest BCUT2D eigenvalue weighted by Crippen LogP contribution is -2.29. The van der Waals surface area contributed by atoms with E-state index in [1.54, 1.807) is 6.08 Å². The van der Waals surface area contributed by atoms with Gasteiger partial charge in [-0.05, 0) is 70.6 Å². The highest BCUT2D eigenvalue weighted by molar-refractivity contribution is 7.47. The summed E-state index contributed by atoms with van der Waals surface area (Å²) in [5.74, 6) is -0.974. The van der Waals surface area contributed by atoms with Gasteiger partial charge in [0.05, 0.1) is 19.6 Å². The monoisotopic (exact) mass is 958 g/mol. The Labute approximate surface area is 411 Å². The third-order valence-electron chi connectivity index (χ3n) is 11.3. The van der Waals surface area contributed by atoms with Crippen LogP contribution >= 0.6 is 7.82 Å². The largest absolute Gasteiger partial charge is 0.472 e. The van der Waals surface area contributed by atoms with Gasteiger partial charge in [0.2, 0.25) is 0 Å². The molecule has 386 valence electrons. The fraction of sp³-hybridized carbons (Fsp3) is 0.719. The molecule has 0 aromatic heterocycles. The van der Waals surface area contributed by atoms with Crippen LogP contribution in [0.25, 0.3) is 0 Å². The van der Waals surface area contributed by atoms with Gasteiger partial charge in [-0.15, -0.1) is 0 Å². The van der Waals surface area contributed by atoms with Crippen molar-refractivity contribution >= 4 is 19.8 Å². The second-order valence-electron chi connectivity index (χ2n) is 17.7. The molecule has 0 heterocycles. The topological polar surface area (TPSA) is 134 Å². The Hall–Kier alpha value is -2.81. The first kappa shape index (κ1) is 64.2. The number of allylic oxidation sites excluding steroid dienone is 13. The molecular formula is C57H100NO8P. The van der Waals surface area contributed by atoms with Gasteiger partial charge in [0.15, 0.2) is 6.10 Å². The Bertz CT molecular complexity index is 1370. The van der Waals surface area contributed by atoms with Crippen molar-refractivity contribution in [1.29, 1.82) is 0 Å². The highest BCUT2D eigenvalue weighted by Crippen LogP contribution is 2.43. The number of phosphoric ester groups is 1. The molecule has 0 aromatic rings. The third-order valence-corrected chi connectivity index (χ3v) is 12.3. The van der Waals surface area contributed by atoms with Crippen molar-refractivity contribution in [3.63, 3.8) is 0 Å². The Morgan fingerprint density at radius 3 is 1.30 bits per heavy atom. The minimum Gasteiger partial charge on any atom is -0.462 e. The fourth-order valence-corrected chi connectivity index (χ4v) is 8.10. The van der Waals surface area contributed by atoms with Gasteiger partial charge in [-0.1, -0.05) is 234 Å². The van der Waals surface area contributed by atoms with E-state index in [-0.39, 0.29) is 32.6 Å². The van der Waals surface area contributed by atoms with Crippen LogP contribution in [0.15, 0.2) is 85.1 Å². The van der Waals surface area contributed by atoms with Gasteiger partial charge in [0.1, 0.15) is 6.61 Å². The van der Waals surface area contributed by atoms with Gasteiger partial charge in [-0.3, -0.25) is 18.6 Å². The summed E-state index contributed by atoms with van der Waals surface area (Å²) < 4.78 is 32.8. The van der Waals surface area contributed by atoms with E-state index < -0.39 is 32.5 Å². The summed E-state index contributed by atoms with van der Waals surface area (Å²) in [5.41, 5.74) is 5.36. The SMILES string of the molecule is CC/C=C\C/C=C\C/C=C\C/C=C\C/C=C\CC(=O)OC(COC(=O)CCCCCCCCCCCCCCCCCCCCC/C=C\C/C=C\CCCCCCC)COP(=O)(O)OCCN. The summed E-state index contributed by atoms with van der Waals surface area (Å²) in [6.07, 6.45) is 68.3. The van der Waals surface area contributed by atoms with Crippen LogP contribution < -0.4 is 5.73 Å². The Morgan fingerprint density at radius 2 is 0.866 bits per heavy atom. The predicted octanol–water partition coefficient (Wildman–Crippen LogP) is 16.7. The number of nitrogens with two attached hydrogens (primary N) is 1. The van der Waals surface area contributed by atoms with Crippen LogP contribution in [0.5, 0.6) is 0 Å². The molecule has 2 unspecified atom stereocenters. The Morgan fingerprint density at radius 1 is 0.478 bits per heavy atom.